The van der Waals surface area contributed by atoms with Crippen molar-refractivity contribution in [3.05, 3.63) is 35.4 Å². The molecule has 0 aliphatic heterocycles. The summed E-state index contributed by atoms with van der Waals surface area (Å²) in [6, 6.07) is 5.63. The molecule has 1 aliphatic rings. The van der Waals surface area contributed by atoms with E-state index in [-0.39, 0.29) is 35.4 Å². The van der Waals surface area contributed by atoms with E-state index >= 15 is 0 Å². The Labute approximate surface area is 169 Å². The Kier molecular flexibility index (Phi) is 8.65. The smallest absolute Gasteiger partial charge is 0.383 e. The first-order valence-electron chi connectivity index (χ1n) is 8.50. The predicted octanol–water partition coefficient (Wildman–Crippen LogP) is 4.07. The molecule has 2 rings (SSSR count). The van der Waals surface area contributed by atoms with Crippen LogP contribution in [0.1, 0.15) is 43.7 Å². The van der Waals surface area contributed by atoms with Gasteiger partial charge in [0.1, 0.15) is 0 Å². The molecular weight excluding hydrogens is 458 g/mol. The number of rotatable bonds is 6. The Bertz CT molecular complexity index is 602. The maximum absolute atomic E-state index is 13.0. The van der Waals surface area contributed by atoms with E-state index in [0.29, 0.717) is 24.7 Å². The molecule has 0 heterocycles. The summed E-state index contributed by atoms with van der Waals surface area (Å²) >= 11 is 0. The second-order valence-corrected chi connectivity index (χ2v) is 6.77. The average Bonchev–Trinajstić information content (AvgIpc) is 3.03. The van der Waals surface area contributed by atoms with Crippen LogP contribution < -0.4 is 11.1 Å². The van der Waals surface area contributed by atoms with Gasteiger partial charge in [-0.3, -0.25) is 4.99 Å². The van der Waals surface area contributed by atoms with Crippen LogP contribution in [0.2, 0.25) is 0 Å². The number of guanidine groups is 1. The molecule has 1 aromatic carbocycles. The number of halogens is 4. The molecule has 148 valence electrons. The molecule has 1 unspecified atom stereocenters. The molecule has 1 aromatic rings. The lowest BCUT2D eigenvalue weighted by molar-refractivity contribution is -0.137. The molecule has 1 saturated carbocycles. The van der Waals surface area contributed by atoms with Crippen LogP contribution in [0.5, 0.6) is 0 Å². The van der Waals surface area contributed by atoms with E-state index in [1.165, 1.54) is 12.1 Å². The van der Waals surface area contributed by atoms with E-state index in [9.17, 15) is 13.2 Å². The summed E-state index contributed by atoms with van der Waals surface area (Å²) in [4.78, 5) is 4.42. The molecule has 3 N–H and O–H groups in total. The van der Waals surface area contributed by atoms with Crippen molar-refractivity contribution in [2.45, 2.75) is 50.2 Å². The molecule has 0 bridgehead atoms. The van der Waals surface area contributed by atoms with Crippen LogP contribution >= 0.6 is 24.0 Å². The van der Waals surface area contributed by atoms with Crippen LogP contribution in [-0.2, 0) is 16.3 Å². The van der Waals surface area contributed by atoms with Crippen LogP contribution in [0.15, 0.2) is 29.3 Å². The third-order valence-electron chi connectivity index (χ3n) is 4.73. The number of hydrogen-bond acceptors (Lipinski definition) is 2. The summed E-state index contributed by atoms with van der Waals surface area (Å²) < 4.78 is 44.2. The topological polar surface area (TPSA) is 59.6 Å². The molecule has 1 aliphatic carbocycles. The van der Waals surface area contributed by atoms with Crippen molar-refractivity contribution in [2.24, 2.45) is 10.7 Å². The van der Waals surface area contributed by atoms with E-state index in [0.717, 1.165) is 31.7 Å². The molecule has 0 saturated heterocycles. The molecule has 0 amide bonds. The Hall–Kier alpha value is -1.03. The highest BCUT2D eigenvalue weighted by atomic mass is 127. The summed E-state index contributed by atoms with van der Waals surface area (Å²) in [7, 11) is 1.60. The van der Waals surface area contributed by atoms with Crippen molar-refractivity contribution in [3.63, 3.8) is 0 Å². The van der Waals surface area contributed by atoms with E-state index < -0.39 is 11.7 Å². The normalized spacial score (nSPS) is 18.3. The van der Waals surface area contributed by atoms with Crippen LogP contribution in [-0.4, -0.2) is 32.3 Å². The molecule has 4 nitrogen and oxygen atoms in total. The van der Waals surface area contributed by atoms with Crippen molar-refractivity contribution in [3.8, 4) is 0 Å². The summed E-state index contributed by atoms with van der Waals surface area (Å²) in [6.45, 7) is 2.80. The molecule has 8 heteroatoms. The molecule has 0 aromatic heterocycles. The lowest BCUT2D eigenvalue weighted by Crippen LogP contribution is -2.41. The summed E-state index contributed by atoms with van der Waals surface area (Å²) in [5.41, 5.74) is 5.63. The number of nitrogens with two attached hydrogens (primary N) is 1. The maximum Gasteiger partial charge on any atom is 0.416 e. The van der Waals surface area contributed by atoms with Gasteiger partial charge >= 0.3 is 6.18 Å². The van der Waals surface area contributed by atoms with Gasteiger partial charge in [0.2, 0.25) is 0 Å². The lowest BCUT2D eigenvalue weighted by Gasteiger charge is -2.29. The predicted molar refractivity (Wildman–Crippen MR) is 108 cm³/mol. The van der Waals surface area contributed by atoms with Crippen molar-refractivity contribution in [1.82, 2.24) is 5.32 Å². The maximum atomic E-state index is 13.0. The van der Waals surface area contributed by atoms with E-state index in [1.807, 2.05) is 6.92 Å². The third kappa shape index (κ3) is 6.00. The molecular formula is C18H27F3IN3O. The van der Waals surface area contributed by atoms with E-state index in [4.69, 9.17) is 10.5 Å². The molecule has 0 spiro atoms. The Balaban J connectivity index is 0.00000338. The fourth-order valence-electron chi connectivity index (χ4n) is 3.44. The average molecular weight is 485 g/mol. The largest absolute Gasteiger partial charge is 0.416 e. The number of hydrogen-bond donors (Lipinski definition) is 2. The standard InChI is InChI=1S/C18H26F3N3O.HI/c1-13(11-25-2)24-16(22)23-12-17(8-3-4-9-17)14-6-5-7-15(10-14)18(19,20)21;/h5-7,10,13H,3-4,8-9,11-12H2,1-2H3,(H3,22,23,24);1H. The van der Waals surface area contributed by atoms with Crippen LogP contribution in [0, 0.1) is 0 Å². The highest BCUT2D eigenvalue weighted by molar-refractivity contribution is 14.0. The number of nitrogens with zero attached hydrogens (tertiary/aromatic N) is 1. The van der Waals surface area contributed by atoms with Crippen molar-refractivity contribution >= 4 is 29.9 Å². The number of methoxy groups -OCH3 is 1. The van der Waals surface area contributed by atoms with Gasteiger partial charge in [0, 0.05) is 18.6 Å². The van der Waals surface area contributed by atoms with Crippen LogP contribution in [0.4, 0.5) is 13.2 Å². The Morgan fingerprint density at radius 2 is 2.00 bits per heavy atom. The number of nitrogens with one attached hydrogen (secondary N) is 1. The molecule has 26 heavy (non-hydrogen) atoms. The second kappa shape index (κ2) is 9.77. The molecule has 1 fully saturated rings. The monoisotopic (exact) mass is 485 g/mol. The first-order valence-corrected chi connectivity index (χ1v) is 8.50. The van der Waals surface area contributed by atoms with Crippen molar-refractivity contribution < 1.29 is 17.9 Å². The zero-order valence-corrected chi connectivity index (χ0v) is 17.4. The SMILES string of the molecule is COCC(C)NC(N)=NCC1(c2cccc(C(F)(F)F)c2)CCCC1.I. The fraction of sp³-hybridized carbons (Fsp3) is 0.611. The minimum Gasteiger partial charge on any atom is -0.383 e. The molecule has 1 atom stereocenters. The van der Waals surface area contributed by atoms with Gasteiger partial charge in [-0.05, 0) is 31.4 Å². The van der Waals surface area contributed by atoms with Gasteiger partial charge in [-0.25, -0.2) is 0 Å². The Morgan fingerprint density at radius 1 is 1.35 bits per heavy atom. The van der Waals surface area contributed by atoms with Gasteiger partial charge < -0.3 is 15.8 Å². The zero-order chi connectivity index (χ0) is 18.5. The molecule has 0 radical (unpaired) electrons. The first kappa shape index (κ1) is 23.0. The van der Waals surface area contributed by atoms with Gasteiger partial charge in [-0.15, -0.1) is 24.0 Å². The number of alkyl halides is 3. The summed E-state index contributed by atoms with van der Waals surface area (Å²) in [5, 5.41) is 3.03. The van der Waals surface area contributed by atoms with Crippen molar-refractivity contribution in [1.29, 1.82) is 0 Å². The van der Waals surface area contributed by atoms with Gasteiger partial charge in [-0.1, -0.05) is 31.0 Å². The van der Waals surface area contributed by atoms with E-state index in [2.05, 4.69) is 10.3 Å². The first-order chi connectivity index (χ1) is 11.8. The summed E-state index contributed by atoms with van der Waals surface area (Å²) in [6.07, 6.45) is -0.731. The quantitative estimate of drug-likeness (QED) is 0.363. The number of ether oxygens (including phenoxy) is 1. The fourth-order valence-corrected chi connectivity index (χ4v) is 3.44. The van der Waals surface area contributed by atoms with Gasteiger partial charge in [0.05, 0.1) is 18.7 Å². The zero-order valence-electron chi connectivity index (χ0n) is 15.1. The summed E-state index contributed by atoms with van der Waals surface area (Å²) in [5.74, 6) is 0.294. The van der Waals surface area contributed by atoms with Crippen LogP contribution in [0.3, 0.4) is 0 Å². The highest BCUT2D eigenvalue weighted by Crippen LogP contribution is 2.43. The van der Waals surface area contributed by atoms with Gasteiger partial charge in [0.15, 0.2) is 5.96 Å². The number of benzene rings is 1. The Morgan fingerprint density at radius 3 is 2.58 bits per heavy atom. The minimum absolute atomic E-state index is 0. The van der Waals surface area contributed by atoms with E-state index in [1.54, 1.807) is 13.2 Å². The number of aliphatic imine (C=N–C) groups is 1. The van der Waals surface area contributed by atoms with Gasteiger partial charge in [0.25, 0.3) is 0 Å². The van der Waals surface area contributed by atoms with Gasteiger partial charge in [-0.2, -0.15) is 13.2 Å². The minimum atomic E-state index is -4.34. The third-order valence-corrected chi connectivity index (χ3v) is 4.73. The lowest BCUT2D eigenvalue weighted by atomic mass is 9.78. The van der Waals surface area contributed by atoms with Crippen LogP contribution in [0.25, 0.3) is 0 Å². The van der Waals surface area contributed by atoms with Crippen molar-refractivity contribution in [2.75, 3.05) is 20.3 Å². The second-order valence-electron chi connectivity index (χ2n) is 6.77. The highest BCUT2D eigenvalue weighted by Gasteiger charge is 2.38.